The average Bonchev–Trinajstić information content (AvgIpc) is 3.36. The van der Waals surface area contributed by atoms with Gasteiger partial charge >= 0.3 is 6.09 Å². The van der Waals surface area contributed by atoms with Gasteiger partial charge in [0.25, 0.3) is 0 Å². The fourth-order valence-corrected chi connectivity index (χ4v) is 8.25. The summed E-state index contributed by atoms with van der Waals surface area (Å²) in [7, 11) is 1.53. The number of carbonyl (C=O) groups excluding carboxylic acids is 2. The number of ketones is 1. The van der Waals surface area contributed by atoms with Gasteiger partial charge in [0.2, 0.25) is 0 Å². The number of fused-ring (bicyclic) bond motifs is 5. The molecular weight excluding hydrogens is 501 g/mol. The summed E-state index contributed by atoms with van der Waals surface area (Å²) < 4.78 is 32.0. The Morgan fingerprint density at radius 3 is 2.51 bits per heavy atom. The van der Waals surface area contributed by atoms with E-state index in [0.29, 0.717) is 22.8 Å². The zero-order valence-electron chi connectivity index (χ0n) is 23.7. The summed E-state index contributed by atoms with van der Waals surface area (Å²) >= 11 is 0. The van der Waals surface area contributed by atoms with Crippen LogP contribution in [0, 0.1) is 40.3 Å². The van der Waals surface area contributed by atoms with Crippen LogP contribution in [0.3, 0.4) is 0 Å². The molecule has 1 N–H and O–H groups in total. The molecule has 1 aromatic rings. The molecule has 8 atom stereocenters. The molecule has 6 rings (SSSR count). The Morgan fingerprint density at radius 2 is 1.85 bits per heavy atom. The van der Waals surface area contributed by atoms with Crippen LogP contribution < -0.4 is 4.90 Å². The maximum absolute atomic E-state index is 14.7. The van der Waals surface area contributed by atoms with E-state index in [0.717, 1.165) is 6.42 Å². The maximum atomic E-state index is 14.7. The molecular formula is C31H38FNO6. The second kappa shape index (κ2) is 8.24. The fourth-order valence-electron chi connectivity index (χ4n) is 8.25. The van der Waals surface area contributed by atoms with E-state index in [1.807, 2.05) is 19.1 Å². The highest BCUT2D eigenvalue weighted by Crippen LogP contribution is 2.72. The number of ether oxygens (including phenoxy) is 3. The summed E-state index contributed by atoms with van der Waals surface area (Å²) in [4.78, 5) is 29.5. The maximum Gasteiger partial charge on any atom is 0.414 e. The van der Waals surface area contributed by atoms with Gasteiger partial charge in [-0.15, -0.1) is 0 Å². The molecule has 2 saturated carbocycles. The lowest BCUT2D eigenvalue weighted by Crippen LogP contribution is -2.68. The molecule has 1 amide bonds. The van der Waals surface area contributed by atoms with Crippen molar-refractivity contribution in [2.24, 2.45) is 34.5 Å². The average molecular weight is 540 g/mol. The van der Waals surface area contributed by atoms with E-state index in [2.05, 4.69) is 13.8 Å². The number of aliphatic hydroxyl groups is 1. The van der Waals surface area contributed by atoms with E-state index < -0.39 is 46.8 Å². The topological polar surface area (TPSA) is 85.3 Å². The SMILES string of the molecule is CC1=C[C@]23C(=O)[C@@H](C=C4COC(C)(C)O[C@H]4[C@]2(O)[C@H]1OC(=O)N(C)c1ccc(F)cc1)[C@H]1[C@@H](C[C@H]3C)C1(C)C. The molecule has 0 unspecified atom stereocenters. The van der Waals surface area contributed by atoms with Gasteiger partial charge in [-0.3, -0.25) is 9.69 Å². The quantitative estimate of drug-likeness (QED) is 0.531. The van der Waals surface area contributed by atoms with Crippen molar-refractivity contribution in [1.29, 1.82) is 0 Å². The molecule has 1 aromatic carbocycles. The third-order valence-corrected chi connectivity index (χ3v) is 10.4. The highest BCUT2D eigenvalue weighted by Gasteiger charge is 2.77. The monoisotopic (exact) mass is 539 g/mol. The normalized spacial score (nSPS) is 41.1. The van der Waals surface area contributed by atoms with Gasteiger partial charge in [-0.05, 0) is 85.8 Å². The predicted octanol–water partition coefficient (Wildman–Crippen LogP) is 5.03. The number of nitrogens with zero attached hydrogens (tertiary/aromatic N) is 1. The van der Waals surface area contributed by atoms with Gasteiger partial charge in [-0.25, -0.2) is 9.18 Å². The van der Waals surface area contributed by atoms with Crippen molar-refractivity contribution in [1.82, 2.24) is 0 Å². The number of allylic oxidation sites excluding steroid dienone is 1. The highest BCUT2D eigenvalue weighted by molar-refractivity contribution is 5.96. The Bertz CT molecular complexity index is 1300. The number of amides is 1. The number of halogens is 1. The van der Waals surface area contributed by atoms with Crippen LogP contribution in [0.5, 0.6) is 0 Å². The Hall–Kier alpha value is -2.55. The number of carbonyl (C=O) groups is 2. The van der Waals surface area contributed by atoms with Crippen molar-refractivity contribution in [3.8, 4) is 0 Å². The van der Waals surface area contributed by atoms with Gasteiger partial charge in [0, 0.05) is 18.7 Å². The van der Waals surface area contributed by atoms with Crippen molar-refractivity contribution in [3.05, 3.63) is 53.4 Å². The number of hydrogen-bond acceptors (Lipinski definition) is 6. The molecule has 0 aromatic heterocycles. The minimum atomic E-state index is -1.88. The minimum absolute atomic E-state index is 0.0158. The lowest BCUT2D eigenvalue weighted by molar-refractivity contribution is -0.302. The van der Waals surface area contributed by atoms with Gasteiger partial charge in [0.05, 0.1) is 12.0 Å². The van der Waals surface area contributed by atoms with Crippen molar-refractivity contribution in [3.63, 3.8) is 0 Å². The molecule has 210 valence electrons. The largest absolute Gasteiger partial charge is 0.438 e. The number of benzene rings is 1. The van der Waals surface area contributed by atoms with Crippen molar-refractivity contribution in [2.75, 3.05) is 18.6 Å². The molecule has 0 radical (unpaired) electrons. The molecule has 1 saturated heterocycles. The smallest absolute Gasteiger partial charge is 0.414 e. The summed E-state index contributed by atoms with van der Waals surface area (Å²) in [6.07, 6.45) is 1.85. The molecule has 1 aliphatic heterocycles. The summed E-state index contributed by atoms with van der Waals surface area (Å²) in [6.45, 7) is 12.0. The van der Waals surface area contributed by atoms with Crippen LogP contribution >= 0.6 is 0 Å². The van der Waals surface area contributed by atoms with Crippen molar-refractivity contribution in [2.45, 2.75) is 71.6 Å². The molecule has 7 nitrogen and oxygen atoms in total. The van der Waals surface area contributed by atoms with Crippen molar-refractivity contribution < 1.29 is 33.3 Å². The second-order valence-electron chi connectivity index (χ2n) is 13.3. The van der Waals surface area contributed by atoms with Gasteiger partial charge in [0.15, 0.2) is 23.3 Å². The lowest BCUT2D eigenvalue weighted by Gasteiger charge is -2.52. The number of anilines is 1. The molecule has 8 heteroatoms. The summed E-state index contributed by atoms with van der Waals surface area (Å²) in [5.41, 5.74) is -1.41. The highest BCUT2D eigenvalue weighted by atomic mass is 19.1. The lowest BCUT2D eigenvalue weighted by atomic mass is 9.59. The molecule has 5 aliphatic rings. The first-order valence-corrected chi connectivity index (χ1v) is 13.8. The predicted molar refractivity (Wildman–Crippen MR) is 142 cm³/mol. The first kappa shape index (κ1) is 26.7. The van der Waals surface area contributed by atoms with Crippen molar-refractivity contribution >= 4 is 17.6 Å². The van der Waals surface area contributed by atoms with Crippen LogP contribution in [0.25, 0.3) is 0 Å². The minimum Gasteiger partial charge on any atom is -0.438 e. The Morgan fingerprint density at radius 1 is 1.18 bits per heavy atom. The number of rotatable bonds is 2. The van der Waals surface area contributed by atoms with E-state index >= 15 is 0 Å². The third-order valence-electron chi connectivity index (χ3n) is 10.4. The first-order valence-electron chi connectivity index (χ1n) is 13.8. The standard InChI is InChI=1S/C31H38FNO6/c1-16-14-30-17(2)12-22-23(28(22,3)4)21(24(30)34)13-18-15-37-29(5,6)39-26(18)31(30,36)25(16)38-27(35)33(7)20-10-8-19(32)9-11-20/h8-11,13-14,17,21-23,25-26,36H,12,15H2,1-7H3/t17-,21+,22-,23+,25+,26-,30+,31-/m1/s1. The molecule has 39 heavy (non-hydrogen) atoms. The summed E-state index contributed by atoms with van der Waals surface area (Å²) in [6, 6.07) is 5.50. The van der Waals surface area contributed by atoms with Crippen LogP contribution in [-0.4, -0.2) is 54.2 Å². The molecule has 3 fully saturated rings. The number of hydrogen-bond donors (Lipinski definition) is 1. The van der Waals surface area contributed by atoms with Crippen LogP contribution in [0.15, 0.2) is 47.6 Å². The van der Waals surface area contributed by atoms with Gasteiger partial charge < -0.3 is 19.3 Å². The fraction of sp³-hybridized carbons (Fsp3) is 0.613. The van der Waals surface area contributed by atoms with E-state index in [1.54, 1.807) is 20.8 Å². The molecule has 1 spiro atoms. The Kier molecular flexibility index (Phi) is 5.63. The van der Waals surface area contributed by atoms with E-state index in [1.165, 1.54) is 36.2 Å². The second-order valence-corrected chi connectivity index (χ2v) is 13.3. The van der Waals surface area contributed by atoms with Gasteiger partial charge in [-0.2, -0.15) is 0 Å². The molecule has 2 bridgehead atoms. The number of Topliss-reactive ketones (excluding diaryl/α,β-unsaturated/α-hetero) is 1. The van der Waals surface area contributed by atoms with Crippen LogP contribution in [0.2, 0.25) is 0 Å². The van der Waals surface area contributed by atoms with Crippen LogP contribution in [0.4, 0.5) is 14.9 Å². The Balaban J connectivity index is 1.46. The van der Waals surface area contributed by atoms with E-state index in [-0.39, 0.29) is 29.6 Å². The third kappa shape index (κ3) is 3.50. The van der Waals surface area contributed by atoms with E-state index in [9.17, 15) is 19.1 Å². The van der Waals surface area contributed by atoms with Gasteiger partial charge in [-0.1, -0.05) is 32.9 Å². The van der Waals surface area contributed by atoms with E-state index in [4.69, 9.17) is 14.2 Å². The summed E-state index contributed by atoms with van der Waals surface area (Å²) in [5.74, 6) is -1.57. The zero-order valence-corrected chi connectivity index (χ0v) is 23.7. The first-order chi connectivity index (χ1) is 18.1. The Labute approximate surface area is 229 Å². The van der Waals surface area contributed by atoms with Crippen LogP contribution in [0.1, 0.15) is 48.0 Å². The zero-order chi connectivity index (χ0) is 28.3. The van der Waals surface area contributed by atoms with Crippen LogP contribution in [-0.2, 0) is 19.0 Å². The van der Waals surface area contributed by atoms with Gasteiger partial charge in [0.1, 0.15) is 11.9 Å². The molecule has 4 aliphatic carbocycles. The summed E-state index contributed by atoms with van der Waals surface area (Å²) in [5, 5.41) is 13.0. The molecule has 1 heterocycles.